The average Bonchev–Trinajstić information content (AvgIpc) is 1.61. The van der Waals surface area contributed by atoms with Crippen LogP contribution < -0.4 is 0 Å². The molecule has 2 N–H and O–H groups in total. The van der Waals surface area contributed by atoms with Crippen LogP contribution in [0.5, 0.6) is 0 Å². The van der Waals surface area contributed by atoms with Crippen molar-refractivity contribution < 1.29 is 19.8 Å². The average molecular weight is 157 g/mol. The molecule has 0 aliphatic rings. The van der Waals surface area contributed by atoms with Gasteiger partial charge in [0.1, 0.15) is 0 Å². The van der Waals surface area contributed by atoms with Gasteiger partial charge in [-0.05, 0) is 0 Å². The molecule has 0 aliphatic carbocycles. The van der Waals surface area contributed by atoms with Crippen molar-refractivity contribution >= 4 is 63.6 Å². The molecule has 2 amide bonds. The third-order valence-electron chi connectivity index (χ3n) is 0.221. The Bertz CT molecular complexity index is 128. The van der Waals surface area contributed by atoms with Gasteiger partial charge in [-0.3, -0.25) is 0 Å². The van der Waals surface area contributed by atoms with Gasteiger partial charge in [0.15, 0.2) is 0 Å². The Labute approximate surface area is 92.4 Å². The zero-order chi connectivity index (χ0) is 6.57. The Hall–Kier alpha value is 0.176. The Morgan fingerprint density at radius 1 is 1.00 bits per heavy atom. The Kier molecular flexibility index (Phi) is 8.34. The van der Waals surface area contributed by atoms with E-state index < -0.39 is 12.2 Å². The Morgan fingerprint density at radius 2 is 1.22 bits per heavy atom. The second kappa shape index (κ2) is 6.30. The van der Waals surface area contributed by atoms with Crippen molar-refractivity contribution in [3.63, 3.8) is 0 Å². The van der Waals surface area contributed by atoms with Gasteiger partial charge in [0.2, 0.25) is 0 Å². The van der Waals surface area contributed by atoms with Crippen molar-refractivity contribution in [3.8, 4) is 0 Å². The molecule has 0 saturated heterocycles. The van der Waals surface area contributed by atoms with Crippen molar-refractivity contribution in [2.24, 2.45) is 10.2 Å². The minimum Gasteiger partial charge on any atom is -0.462 e. The molecular formula is C2H2KN2O4. The molecule has 0 aromatic carbocycles. The summed E-state index contributed by atoms with van der Waals surface area (Å²) in [6.45, 7) is 0. The van der Waals surface area contributed by atoms with E-state index in [2.05, 4.69) is 10.2 Å². The second-order valence-electron chi connectivity index (χ2n) is 0.765. The van der Waals surface area contributed by atoms with Crippen LogP contribution in [0, 0.1) is 0 Å². The van der Waals surface area contributed by atoms with E-state index in [9.17, 15) is 9.59 Å². The monoisotopic (exact) mass is 157 g/mol. The molecule has 7 heteroatoms. The third kappa shape index (κ3) is 11.6. The van der Waals surface area contributed by atoms with Crippen molar-refractivity contribution in [2.45, 2.75) is 0 Å². The fourth-order valence-electron chi connectivity index (χ4n) is 0.0855. The topological polar surface area (TPSA) is 99.3 Å². The van der Waals surface area contributed by atoms with Crippen molar-refractivity contribution in [1.29, 1.82) is 0 Å². The summed E-state index contributed by atoms with van der Waals surface area (Å²) < 4.78 is 0. The molecule has 6 nitrogen and oxygen atoms in total. The molecule has 0 unspecified atom stereocenters. The van der Waals surface area contributed by atoms with Gasteiger partial charge in [-0.1, -0.05) is 10.2 Å². The number of rotatable bonds is 0. The molecule has 0 spiro atoms. The zero-order valence-electron chi connectivity index (χ0n) is 4.61. The number of hydrogen-bond donors (Lipinski definition) is 2. The molecule has 0 bridgehead atoms. The first-order valence-corrected chi connectivity index (χ1v) is 1.50. The number of hydrogen-bond acceptors (Lipinski definition) is 2. The summed E-state index contributed by atoms with van der Waals surface area (Å²) in [7, 11) is 0. The quantitative estimate of drug-likeness (QED) is 0.393. The molecule has 0 saturated carbocycles. The largest absolute Gasteiger partial charge is 0.462 e. The van der Waals surface area contributed by atoms with Crippen LogP contribution in [0.3, 0.4) is 0 Å². The van der Waals surface area contributed by atoms with Gasteiger partial charge >= 0.3 is 12.2 Å². The fourth-order valence-corrected chi connectivity index (χ4v) is 0.0855. The molecule has 0 rings (SSSR count). The predicted molar refractivity (Wildman–Crippen MR) is 26.7 cm³/mol. The van der Waals surface area contributed by atoms with Gasteiger partial charge in [-0.25, -0.2) is 9.59 Å². The molecule has 0 atom stereocenters. The van der Waals surface area contributed by atoms with Gasteiger partial charge in [0, 0.05) is 51.4 Å². The summed E-state index contributed by atoms with van der Waals surface area (Å²) in [5.41, 5.74) is 0. The molecule has 1 radical (unpaired) electrons. The van der Waals surface area contributed by atoms with E-state index in [4.69, 9.17) is 10.2 Å². The number of azo groups is 1. The van der Waals surface area contributed by atoms with Crippen LogP contribution in [0.15, 0.2) is 10.2 Å². The van der Waals surface area contributed by atoms with Crippen LogP contribution in [0.2, 0.25) is 0 Å². The van der Waals surface area contributed by atoms with Crippen molar-refractivity contribution in [1.82, 2.24) is 0 Å². The van der Waals surface area contributed by atoms with E-state index in [-0.39, 0.29) is 51.4 Å². The SMILES string of the molecule is O=C(O)N=NC(=O)O.[K]. The van der Waals surface area contributed by atoms with Crippen LogP contribution >= 0.6 is 0 Å². The van der Waals surface area contributed by atoms with Gasteiger partial charge < -0.3 is 10.2 Å². The fraction of sp³-hybridized carbons (Fsp3) is 0. The maximum Gasteiger partial charge on any atom is 0.450 e. The maximum atomic E-state index is 9.38. The first-order valence-electron chi connectivity index (χ1n) is 1.50. The number of carboxylic acid groups (broad SMARTS) is 2. The Morgan fingerprint density at radius 3 is 1.33 bits per heavy atom. The minimum atomic E-state index is -1.62. The molecule has 0 heterocycles. The smallest absolute Gasteiger partial charge is 0.450 e. The van der Waals surface area contributed by atoms with Crippen LogP contribution in [0.25, 0.3) is 0 Å². The van der Waals surface area contributed by atoms with E-state index in [1.54, 1.807) is 0 Å². The van der Waals surface area contributed by atoms with Gasteiger partial charge in [-0.15, -0.1) is 0 Å². The standard InChI is InChI=1S/C2H2N2O4.K/c5-1(6)3-4-2(7)8;/h(H,5,6)(H,7,8);. The summed E-state index contributed by atoms with van der Waals surface area (Å²) in [4.78, 5) is 18.8. The maximum absolute atomic E-state index is 9.38. The molecular weight excluding hydrogens is 155 g/mol. The van der Waals surface area contributed by atoms with Gasteiger partial charge in [0.05, 0.1) is 0 Å². The first kappa shape index (κ1) is 11.9. The zero-order valence-corrected chi connectivity index (χ0v) is 7.73. The van der Waals surface area contributed by atoms with E-state index in [1.165, 1.54) is 0 Å². The van der Waals surface area contributed by atoms with Gasteiger partial charge in [0.25, 0.3) is 0 Å². The third-order valence-corrected chi connectivity index (χ3v) is 0.221. The van der Waals surface area contributed by atoms with E-state index in [0.717, 1.165) is 0 Å². The van der Waals surface area contributed by atoms with Crippen LogP contribution in [0.1, 0.15) is 0 Å². The van der Waals surface area contributed by atoms with Crippen LogP contribution in [-0.2, 0) is 0 Å². The molecule has 0 aromatic heterocycles. The summed E-state index contributed by atoms with van der Waals surface area (Å²) >= 11 is 0. The predicted octanol–water partition coefficient (Wildman–Crippen LogP) is 0.414. The first-order chi connectivity index (χ1) is 3.63. The molecule has 0 aromatic rings. The minimum absolute atomic E-state index is 0. The summed E-state index contributed by atoms with van der Waals surface area (Å²) in [6, 6.07) is 0. The van der Waals surface area contributed by atoms with E-state index >= 15 is 0 Å². The van der Waals surface area contributed by atoms with Crippen molar-refractivity contribution in [2.75, 3.05) is 0 Å². The molecule has 9 heavy (non-hydrogen) atoms. The number of carbonyl (C=O) groups is 2. The summed E-state index contributed by atoms with van der Waals surface area (Å²) in [5.74, 6) is 0. The van der Waals surface area contributed by atoms with Gasteiger partial charge in [-0.2, -0.15) is 0 Å². The normalized spacial score (nSPS) is 8.44. The van der Waals surface area contributed by atoms with Crippen molar-refractivity contribution in [3.05, 3.63) is 0 Å². The van der Waals surface area contributed by atoms with E-state index in [0.29, 0.717) is 0 Å². The second-order valence-corrected chi connectivity index (χ2v) is 0.765. The molecule has 0 aliphatic heterocycles. The molecule has 45 valence electrons. The van der Waals surface area contributed by atoms with Crippen LogP contribution in [0.4, 0.5) is 9.59 Å². The molecule has 0 fully saturated rings. The van der Waals surface area contributed by atoms with E-state index in [1.807, 2.05) is 0 Å². The Balaban J connectivity index is 0. The van der Waals surface area contributed by atoms with Crippen LogP contribution in [-0.4, -0.2) is 73.8 Å². The number of amides is 2. The number of nitrogens with zero attached hydrogens (tertiary/aromatic N) is 2. The summed E-state index contributed by atoms with van der Waals surface area (Å²) in [6.07, 6.45) is -3.24. The summed E-state index contributed by atoms with van der Waals surface area (Å²) in [5, 5.41) is 19.8.